The Bertz CT molecular complexity index is 307. The van der Waals surface area contributed by atoms with Crippen LogP contribution in [-0.2, 0) is 0 Å². The Balaban J connectivity index is 2.73. The molecule has 0 aromatic carbocycles. The molecule has 5 nitrogen and oxygen atoms in total. The highest BCUT2D eigenvalue weighted by atomic mass is 15.0. The second kappa shape index (κ2) is 4.42. The largest absolute Gasteiger partial charge is 0.381 e. The van der Waals surface area contributed by atoms with E-state index in [1.165, 1.54) is 0 Å². The van der Waals surface area contributed by atoms with Crippen molar-refractivity contribution in [2.45, 2.75) is 0 Å². The van der Waals surface area contributed by atoms with Crippen molar-refractivity contribution < 1.29 is 0 Å². The minimum absolute atomic E-state index is 0.269. The summed E-state index contributed by atoms with van der Waals surface area (Å²) >= 11 is 0. The Hall–Kier alpha value is -1.62. The lowest BCUT2D eigenvalue weighted by Crippen LogP contribution is -2.04. The SMILES string of the molecule is CNCC=Cc1cnc(N)c(N)n1. The average Bonchev–Trinajstić information content (AvgIpc) is 2.12. The van der Waals surface area contributed by atoms with Gasteiger partial charge in [0, 0.05) is 6.54 Å². The maximum atomic E-state index is 5.48. The maximum absolute atomic E-state index is 5.48. The van der Waals surface area contributed by atoms with Gasteiger partial charge in [0.15, 0.2) is 11.6 Å². The van der Waals surface area contributed by atoms with Gasteiger partial charge in [-0.1, -0.05) is 6.08 Å². The first-order valence-corrected chi connectivity index (χ1v) is 3.93. The molecule has 5 N–H and O–H groups in total. The third-order valence-electron chi connectivity index (χ3n) is 1.46. The number of hydrogen-bond acceptors (Lipinski definition) is 5. The van der Waals surface area contributed by atoms with Crippen molar-refractivity contribution in [1.29, 1.82) is 0 Å². The Kier molecular flexibility index (Phi) is 3.22. The van der Waals surface area contributed by atoms with Gasteiger partial charge in [0.05, 0.1) is 11.9 Å². The summed E-state index contributed by atoms with van der Waals surface area (Å²) in [5.41, 5.74) is 11.6. The smallest absolute Gasteiger partial charge is 0.166 e. The summed E-state index contributed by atoms with van der Waals surface area (Å²) in [6.45, 7) is 0.784. The Morgan fingerprint density at radius 2 is 2.23 bits per heavy atom. The zero-order valence-corrected chi connectivity index (χ0v) is 7.49. The summed E-state index contributed by atoms with van der Waals surface area (Å²) in [5.74, 6) is 0.539. The summed E-state index contributed by atoms with van der Waals surface area (Å²) in [6.07, 6.45) is 5.34. The number of likely N-dealkylation sites (N-methyl/N-ethyl adjacent to an activating group) is 1. The first-order chi connectivity index (χ1) is 6.24. The molecular weight excluding hydrogens is 166 g/mol. The highest BCUT2D eigenvalue weighted by Crippen LogP contribution is 2.07. The van der Waals surface area contributed by atoms with E-state index in [0.717, 1.165) is 6.54 Å². The molecule has 5 heteroatoms. The van der Waals surface area contributed by atoms with Crippen LogP contribution in [0.3, 0.4) is 0 Å². The van der Waals surface area contributed by atoms with Gasteiger partial charge in [-0.25, -0.2) is 9.97 Å². The van der Waals surface area contributed by atoms with Crippen molar-refractivity contribution in [1.82, 2.24) is 15.3 Å². The number of nitrogens with one attached hydrogen (secondary N) is 1. The molecule has 0 saturated heterocycles. The Morgan fingerprint density at radius 1 is 1.46 bits per heavy atom. The predicted molar refractivity (Wildman–Crippen MR) is 53.8 cm³/mol. The molecule has 0 aliphatic rings. The van der Waals surface area contributed by atoms with E-state index < -0.39 is 0 Å². The average molecular weight is 179 g/mol. The van der Waals surface area contributed by atoms with Gasteiger partial charge in [-0.15, -0.1) is 0 Å². The molecule has 0 aliphatic carbocycles. The molecule has 0 bridgehead atoms. The molecule has 1 rings (SSSR count). The zero-order chi connectivity index (χ0) is 9.68. The van der Waals surface area contributed by atoms with E-state index >= 15 is 0 Å². The van der Waals surface area contributed by atoms with Crippen LogP contribution in [0.4, 0.5) is 11.6 Å². The molecule has 0 fully saturated rings. The van der Waals surface area contributed by atoms with Crippen molar-refractivity contribution in [2.24, 2.45) is 0 Å². The first kappa shape index (κ1) is 9.47. The van der Waals surface area contributed by atoms with Crippen molar-refractivity contribution in [3.8, 4) is 0 Å². The molecular formula is C8H13N5. The van der Waals surface area contributed by atoms with E-state index in [2.05, 4.69) is 15.3 Å². The number of hydrogen-bond donors (Lipinski definition) is 3. The molecule has 70 valence electrons. The molecule has 0 aliphatic heterocycles. The summed E-state index contributed by atoms with van der Waals surface area (Å²) < 4.78 is 0. The highest BCUT2D eigenvalue weighted by Gasteiger charge is 1.96. The number of nitrogens with two attached hydrogens (primary N) is 2. The van der Waals surface area contributed by atoms with E-state index in [1.54, 1.807) is 6.20 Å². The minimum Gasteiger partial charge on any atom is -0.381 e. The van der Waals surface area contributed by atoms with Crippen molar-refractivity contribution in [2.75, 3.05) is 25.1 Å². The number of anilines is 2. The van der Waals surface area contributed by atoms with Crippen molar-refractivity contribution in [3.63, 3.8) is 0 Å². The lowest BCUT2D eigenvalue weighted by Gasteiger charge is -1.98. The molecule has 13 heavy (non-hydrogen) atoms. The molecule has 1 heterocycles. The van der Waals surface area contributed by atoms with Gasteiger partial charge in [-0.05, 0) is 13.1 Å². The number of rotatable bonds is 3. The number of aromatic nitrogens is 2. The second-order valence-corrected chi connectivity index (χ2v) is 2.53. The molecule has 0 amide bonds. The van der Waals surface area contributed by atoms with E-state index in [-0.39, 0.29) is 11.6 Å². The highest BCUT2D eigenvalue weighted by molar-refractivity contribution is 5.56. The molecule has 1 aromatic heterocycles. The first-order valence-electron chi connectivity index (χ1n) is 3.93. The van der Waals surface area contributed by atoms with Crippen molar-refractivity contribution in [3.05, 3.63) is 18.0 Å². The third-order valence-corrected chi connectivity index (χ3v) is 1.46. The molecule has 0 unspecified atom stereocenters. The standard InChI is InChI=1S/C8H13N5/c1-11-4-2-3-6-5-12-7(9)8(10)13-6/h2-3,5,11H,4H2,1H3,(H2,9,12)(H2,10,13). The summed E-state index contributed by atoms with van der Waals surface area (Å²) in [5, 5.41) is 2.97. The summed E-state index contributed by atoms with van der Waals surface area (Å²) in [6, 6.07) is 0. The van der Waals surface area contributed by atoms with Crippen LogP contribution in [0.25, 0.3) is 6.08 Å². The van der Waals surface area contributed by atoms with E-state index in [9.17, 15) is 0 Å². The normalized spacial score (nSPS) is 10.8. The number of nitrogen functional groups attached to an aromatic ring is 2. The van der Waals surface area contributed by atoms with E-state index in [4.69, 9.17) is 11.5 Å². The van der Waals surface area contributed by atoms with Gasteiger partial charge >= 0.3 is 0 Å². The fraction of sp³-hybridized carbons (Fsp3) is 0.250. The quantitative estimate of drug-likeness (QED) is 0.601. The van der Waals surface area contributed by atoms with Gasteiger partial charge in [0.25, 0.3) is 0 Å². The molecule has 0 saturated carbocycles. The summed E-state index contributed by atoms with van der Waals surface area (Å²) in [4.78, 5) is 7.90. The van der Waals surface area contributed by atoms with Gasteiger partial charge < -0.3 is 16.8 Å². The second-order valence-electron chi connectivity index (χ2n) is 2.53. The summed E-state index contributed by atoms with van der Waals surface area (Å²) in [7, 11) is 1.87. The van der Waals surface area contributed by atoms with Crippen LogP contribution in [0.5, 0.6) is 0 Å². The topological polar surface area (TPSA) is 89.8 Å². The Morgan fingerprint density at radius 3 is 2.85 bits per heavy atom. The zero-order valence-electron chi connectivity index (χ0n) is 7.49. The van der Waals surface area contributed by atoms with Gasteiger partial charge in [0.1, 0.15) is 0 Å². The fourth-order valence-electron chi connectivity index (χ4n) is 0.805. The van der Waals surface area contributed by atoms with Crippen LogP contribution >= 0.6 is 0 Å². The lowest BCUT2D eigenvalue weighted by molar-refractivity contribution is 0.922. The lowest BCUT2D eigenvalue weighted by atomic mass is 10.4. The van der Waals surface area contributed by atoms with Crippen LogP contribution in [0.15, 0.2) is 12.3 Å². The van der Waals surface area contributed by atoms with Crippen molar-refractivity contribution >= 4 is 17.7 Å². The third kappa shape index (κ3) is 2.72. The predicted octanol–water partition coefficient (Wildman–Crippen LogP) is -0.126. The van der Waals surface area contributed by atoms with Crippen LogP contribution < -0.4 is 16.8 Å². The fourth-order valence-corrected chi connectivity index (χ4v) is 0.805. The van der Waals surface area contributed by atoms with Gasteiger partial charge in [-0.3, -0.25) is 0 Å². The Labute approximate surface area is 76.9 Å². The monoisotopic (exact) mass is 179 g/mol. The minimum atomic E-state index is 0.269. The van der Waals surface area contributed by atoms with E-state index in [1.807, 2.05) is 19.2 Å². The molecule has 0 spiro atoms. The van der Waals surface area contributed by atoms with Gasteiger partial charge in [-0.2, -0.15) is 0 Å². The van der Waals surface area contributed by atoms with Crippen LogP contribution in [0.2, 0.25) is 0 Å². The maximum Gasteiger partial charge on any atom is 0.166 e. The van der Waals surface area contributed by atoms with Crippen LogP contribution in [0.1, 0.15) is 5.69 Å². The number of nitrogens with zero attached hydrogens (tertiary/aromatic N) is 2. The van der Waals surface area contributed by atoms with Crippen LogP contribution in [0, 0.1) is 0 Å². The molecule has 0 radical (unpaired) electrons. The van der Waals surface area contributed by atoms with Gasteiger partial charge in [0.2, 0.25) is 0 Å². The van der Waals surface area contributed by atoms with Crippen LogP contribution in [-0.4, -0.2) is 23.6 Å². The van der Waals surface area contributed by atoms with E-state index in [0.29, 0.717) is 5.69 Å². The molecule has 1 aromatic rings. The molecule has 0 atom stereocenters.